The Balaban J connectivity index is 1.71. The molecule has 1 aromatic carbocycles. The van der Waals surface area contributed by atoms with E-state index in [-0.39, 0.29) is 28.1 Å². The summed E-state index contributed by atoms with van der Waals surface area (Å²) in [5.74, 6) is -0.602. The molecule has 1 saturated heterocycles. The van der Waals surface area contributed by atoms with Gasteiger partial charge in [-0.15, -0.1) is 0 Å². The molecule has 0 radical (unpaired) electrons. The van der Waals surface area contributed by atoms with Crippen LogP contribution in [0.15, 0.2) is 30.5 Å². The highest BCUT2D eigenvalue weighted by molar-refractivity contribution is 6.43. The maximum absolute atomic E-state index is 12.8. The minimum absolute atomic E-state index is 0.187. The quantitative estimate of drug-likeness (QED) is 0.558. The van der Waals surface area contributed by atoms with Gasteiger partial charge in [-0.05, 0) is 19.1 Å². The largest absolute Gasteiger partial charge is 0.335 e. The van der Waals surface area contributed by atoms with Gasteiger partial charge in [0, 0.05) is 32.2 Å². The number of piperazine rings is 1. The average Bonchev–Trinajstić information content (AvgIpc) is 2.69. The summed E-state index contributed by atoms with van der Waals surface area (Å²) >= 11 is 12.1. The van der Waals surface area contributed by atoms with E-state index in [9.17, 15) is 19.7 Å². The topological polar surface area (TPSA) is 96.6 Å². The molecule has 10 heteroatoms. The van der Waals surface area contributed by atoms with E-state index in [4.69, 9.17) is 23.2 Å². The van der Waals surface area contributed by atoms with E-state index in [1.165, 1.54) is 6.07 Å². The summed E-state index contributed by atoms with van der Waals surface area (Å²) in [6.45, 7) is 2.84. The number of pyridine rings is 1. The Morgan fingerprint density at radius 3 is 2.21 bits per heavy atom. The third-order valence-electron chi connectivity index (χ3n) is 4.55. The first-order chi connectivity index (χ1) is 13.3. The molecule has 1 aromatic heterocycles. The minimum Gasteiger partial charge on any atom is -0.335 e. The fraction of sp³-hybridized carbons (Fsp3) is 0.278. The van der Waals surface area contributed by atoms with Crippen LogP contribution in [0.1, 0.15) is 26.4 Å². The lowest BCUT2D eigenvalue weighted by Crippen LogP contribution is -2.50. The number of aromatic nitrogens is 1. The number of amides is 2. The van der Waals surface area contributed by atoms with Gasteiger partial charge in [-0.1, -0.05) is 29.3 Å². The first kappa shape index (κ1) is 20.0. The molecule has 0 bridgehead atoms. The zero-order valence-electron chi connectivity index (χ0n) is 14.9. The molecule has 146 valence electrons. The molecule has 2 heterocycles. The molecular weight excluding hydrogens is 407 g/mol. The minimum atomic E-state index is -0.589. The highest BCUT2D eigenvalue weighted by Gasteiger charge is 2.28. The van der Waals surface area contributed by atoms with Crippen molar-refractivity contribution in [3.05, 3.63) is 67.4 Å². The number of carbonyl (C=O) groups is 2. The van der Waals surface area contributed by atoms with Gasteiger partial charge in [0.2, 0.25) is 0 Å². The summed E-state index contributed by atoms with van der Waals surface area (Å²) < 4.78 is 0. The van der Waals surface area contributed by atoms with Crippen molar-refractivity contribution in [2.45, 2.75) is 6.92 Å². The Hall–Kier alpha value is -2.71. The van der Waals surface area contributed by atoms with E-state index in [0.717, 1.165) is 6.20 Å². The van der Waals surface area contributed by atoms with Crippen molar-refractivity contribution in [3.63, 3.8) is 0 Å². The van der Waals surface area contributed by atoms with Crippen LogP contribution in [-0.4, -0.2) is 57.7 Å². The molecule has 2 amide bonds. The van der Waals surface area contributed by atoms with Gasteiger partial charge in [-0.3, -0.25) is 24.7 Å². The van der Waals surface area contributed by atoms with Crippen molar-refractivity contribution in [1.82, 2.24) is 14.8 Å². The zero-order valence-corrected chi connectivity index (χ0v) is 16.4. The molecule has 0 unspecified atom stereocenters. The number of hydrogen-bond donors (Lipinski definition) is 0. The maximum Gasteiger partial charge on any atom is 0.288 e. The summed E-state index contributed by atoms with van der Waals surface area (Å²) in [4.78, 5) is 42.9. The van der Waals surface area contributed by atoms with E-state index < -0.39 is 4.92 Å². The molecule has 1 aliphatic rings. The SMILES string of the molecule is Cc1ncc([N+](=O)[O-])cc1C(=O)N1CCN(C(=O)c2cccc(Cl)c2Cl)CC1. The Bertz CT molecular complexity index is 959. The molecule has 0 aliphatic carbocycles. The van der Waals surface area contributed by atoms with E-state index in [1.807, 2.05) is 0 Å². The van der Waals surface area contributed by atoms with Crippen molar-refractivity contribution >= 4 is 40.7 Å². The number of rotatable bonds is 3. The van der Waals surface area contributed by atoms with Crippen molar-refractivity contribution in [2.24, 2.45) is 0 Å². The van der Waals surface area contributed by atoms with Gasteiger partial charge in [0.25, 0.3) is 17.5 Å². The van der Waals surface area contributed by atoms with Gasteiger partial charge in [0.1, 0.15) is 6.20 Å². The van der Waals surface area contributed by atoms with Crippen LogP contribution in [-0.2, 0) is 0 Å². The molecule has 1 aliphatic heterocycles. The van der Waals surface area contributed by atoms with Crippen LogP contribution in [0, 0.1) is 17.0 Å². The molecule has 28 heavy (non-hydrogen) atoms. The number of carbonyl (C=O) groups excluding carboxylic acids is 2. The highest BCUT2D eigenvalue weighted by atomic mass is 35.5. The highest BCUT2D eigenvalue weighted by Crippen LogP contribution is 2.27. The van der Waals surface area contributed by atoms with E-state index >= 15 is 0 Å². The summed E-state index contributed by atoms with van der Waals surface area (Å²) in [5, 5.41) is 11.4. The van der Waals surface area contributed by atoms with Crippen LogP contribution in [0.4, 0.5) is 5.69 Å². The van der Waals surface area contributed by atoms with Gasteiger partial charge in [0.05, 0.1) is 31.8 Å². The van der Waals surface area contributed by atoms with Crippen molar-refractivity contribution in [3.8, 4) is 0 Å². The second-order valence-corrected chi connectivity index (χ2v) is 7.05. The Morgan fingerprint density at radius 1 is 1.07 bits per heavy atom. The van der Waals surface area contributed by atoms with Crippen LogP contribution in [0.5, 0.6) is 0 Å². The first-order valence-corrected chi connectivity index (χ1v) is 9.18. The number of nitrogens with zero attached hydrogens (tertiary/aromatic N) is 4. The summed E-state index contributed by atoms with van der Waals surface area (Å²) in [6.07, 6.45) is 1.12. The van der Waals surface area contributed by atoms with Crippen LogP contribution >= 0.6 is 23.2 Å². The van der Waals surface area contributed by atoms with Crippen LogP contribution < -0.4 is 0 Å². The molecule has 0 atom stereocenters. The second kappa shape index (κ2) is 8.12. The van der Waals surface area contributed by atoms with Gasteiger partial charge in [-0.25, -0.2) is 0 Å². The van der Waals surface area contributed by atoms with Crippen LogP contribution in [0.2, 0.25) is 10.0 Å². The number of nitro groups is 1. The second-order valence-electron chi connectivity index (χ2n) is 6.27. The summed E-state index contributed by atoms with van der Waals surface area (Å²) in [5.41, 5.74) is 0.678. The van der Waals surface area contributed by atoms with Crippen molar-refractivity contribution in [2.75, 3.05) is 26.2 Å². The van der Waals surface area contributed by atoms with E-state index in [2.05, 4.69) is 4.98 Å². The van der Waals surface area contributed by atoms with Crippen molar-refractivity contribution < 1.29 is 14.5 Å². The average molecular weight is 423 g/mol. The molecule has 8 nitrogen and oxygen atoms in total. The van der Waals surface area contributed by atoms with E-state index in [0.29, 0.717) is 42.5 Å². The Labute approximate surface area is 170 Å². The fourth-order valence-electron chi connectivity index (χ4n) is 2.96. The maximum atomic E-state index is 12.8. The smallest absolute Gasteiger partial charge is 0.288 e. The van der Waals surface area contributed by atoms with Gasteiger partial charge in [-0.2, -0.15) is 0 Å². The lowest BCUT2D eigenvalue weighted by molar-refractivity contribution is -0.385. The van der Waals surface area contributed by atoms with Gasteiger partial charge < -0.3 is 9.80 Å². The van der Waals surface area contributed by atoms with Gasteiger partial charge >= 0.3 is 0 Å². The first-order valence-electron chi connectivity index (χ1n) is 8.43. The monoisotopic (exact) mass is 422 g/mol. The molecular formula is C18H16Cl2N4O4. The molecule has 0 spiro atoms. The Kier molecular flexibility index (Phi) is 5.81. The number of aryl methyl sites for hydroxylation is 1. The fourth-order valence-corrected chi connectivity index (χ4v) is 3.34. The third kappa shape index (κ3) is 3.93. The Morgan fingerprint density at radius 2 is 1.64 bits per heavy atom. The lowest BCUT2D eigenvalue weighted by atomic mass is 10.1. The standard InChI is InChI=1S/C18H16Cl2N4O4/c1-11-14(9-12(10-21-11)24(27)28)18(26)23-7-5-22(6-8-23)17(25)13-3-2-4-15(19)16(13)20/h2-4,9-10H,5-8H2,1H3. The molecule has 0 saturated carbocycles. The molecule has 1 fully saturated rings. The number of hydrogen-bond acceptors (Lipinski definition) is 5. The summed E-state index contributed by atoms with van der Waals surface area (Å²) in [7, 11) is 0. The predicted octanol–water partition coefficient (Wildman–Crippen LogP) is 3.20. The van der Waals surface area contributed by atoms with Crippen molar-refractivity contribution in [1.29, 1.82) is 0 Å². The molecule has 2 aromatic rings. The molecule has 0 N–H and O–H groups in total. The lowest BCUT2D eigenvalue weighted by Gasteiger charge is -2.35. The normalized spacial score (nSPS) is 14.1. The van der Waals surface area contributed by atoms with Gasteiger partial charge in [0.15, 0.2) is 0 Å². The van der Waals surface area contributed by atoms with E-state index in [1.54, 1.807) is 34.9 Å². The molecule has 3 rings (SSSR count). The zero-order chi connectivity index (χ0) is 20.4. The predicted molar refractivity (Wildman–Crippen MR) is 104 cm³/mol. The summed E-state index contributed by atoms with van der Waals surface area (Å²) in [6, 6.07) is 6.09. The van der Waals surface area contributed by atoms with Crippen LogP contribution in [0.25, 0.3) is 0 Å². The third-order valence-corrected chi connectivity index (χ3v) is 5.37. The number of halogens is 2. The number of benzene rings is 1. The van der Waals surface area contributed by atoms with Crippen LogP contribution in [0.3, 0.4) is 0 Å².